The summed E-state index contributed by atoms with van der Waals surface area (Å²) in [5.41, 5.74) is 1.44. The fourth-order valence-electron chi connectivity index (χ4n) is 2.45. The minimum absolute atomic E-state index is 0.155. The van der Waals surface area contributed by atoms with E-state index >= 15 is 0 Å². The highest BCUT2D eigenvalue weighted by atomic mass is 79.9. The maximum absolute atomic E-state index is 12.4. The molecule has 0 atom stereocenters. The Hall–Kier alpha value is -2.60. The van der Waals surface area contributed by atoms with Gasteiger partial charge in [-0.15, -0.1) is 0 Å². The van der Waals surface area contributed by atoms with E-state index in [9.17, 15) is 9.59 Å². The molecule has 5 nitrogen and oxygen atoms in total. The molecule has 0 aliphatic rings. The maximum Gasteiger partial charge on any atom is 0.291 e. The van der Waals surface area contributed by atoms with E-state index in [0.29, 0.717) is 16.8 Å². The molecule has 0 unspecified atom stereocenters. The number of halogens is 1. The lowest BCUT2D eigenvalue weighted by atomic mass is 10.1. The van der Waals surface area contributed by atoms with Crippen molar-refractivity contribution in [2.75, 3.05) is 5.32 Å². The Bertz CT molecular complexity index is 969. The second-order valence-corrected chi connectivity index (χ2v) is 7.86. The topological polar surface area (TPSA) is 71.3 Å². The summed E-state index contributed by atoms with van der Waals surface area (Å²) < 4.78 is 6.42. The third-order valence-corrected chi connectivity index (χ3v) is 4.24. The van der Waals surface area contributed by atoms with Gasteiger partial charge in [-0.1, -0.05) is 12.1 Å². The molecule has 0 fully saturated rings. The van der Waals surface area contributed by atoms with Gasteiger partial charge in [-0.25, -0.2) is 0 Å². The third-order valence-electron chi connectivity index (χ3n) is 3.61. The highest BCUT2D eigenvalue weighted by Crippen LogP contribution is 2.27. The maximum atomic E-state index is 12.4. The van der Waals surface area contributed by atoms with Crippen LogP contribution in [0.4, 0.5) is 5.69 Å². The van der Waals surface area contributed by atoms with Crippen molar-refractivity contribution in [2.24, 2.45) is 0 Å². The Kier molecular flexibility index (Phi) is 4.87. The van der Waals surface area contributed by atoms with Gasteiger partial charge in [0, 0.05) is 22.2 Å². The van der Waals surface area contributed by atoms with Crippen molar-refractivity contribution in [2.45, 2.75) is 26.3 Å². The number of anilines is 1. The van der Waals surface area contributed by atoms with Gasteiger partial charge in [-0.3, -0.25) is 9.59 Å². The molecule has 0 saturated carbocycles. The molecule has 134 valence electrons. The number of carbonyl (C=O) groups excluding carboxylic acids is 2. The molecule has 26 heavy (non-hydrogen) atoms. The standard InChI is InChI=1S/C20H19BrN2O3/c1-20(2,3)23-18(24)12-7-9-14(10-8-12)22-19(25)16-11-13-5-4-6-15(21)17(13)26-16/h4-11H,1-3H3,(H,22,25)(H,23,24). The molecule has 3 rings (SSSR count). The molecule has 0 spiro atoms. The highest BCUT2D eigenvalue weighted by Gasteiger charge is 2.16. The molecule has 0 bridgehead atoms. The number of amides is 2. The van der Waals surface area contributed by atoms with Crippen LogP contribution in [0.15, 0.2) is 57.4 Å². The first kappa shape index (κ1) is 18.2. The fourth-order valence-corrected chi connectivity index (χ4v) is 2.91. The SMILES string of the molecule is CC(C)(C)NC(=O)c1ccc(NC(=O)c2cc3cccc(Br)c3o2)cc1. The van der Waals surface area contributed by atoms with E-state index in [1.807, 2.05) is 39.0 Å². The van der Waals surface area contributed by atoms with Crippen LogP contribution in [0, 0.1) is 0 Å². The van der Waals surface area contributed by atoms with Crippen molar-refractivity contribution < 1.29 is 14.0 Å². The summed E-state index contributed by atoms with van der Waals surface area (Å²) in [5, 5.41) is 6.52. The minimum atomic E-state index is -0.347. The molecular weight excluding hydrogens is 396 g/mol. The number of rotatable bonds is 3. The Balaban J connectivity index is 1.73. The Morgan fingerprint density at radius 3 is 2.31 bits per heavy atom. The number of para-hydroxylation sites is 1. The van der Waals surface area contributed by atoms with Gasteiger partial charge in [-0.2, -0.15) is 0 Å². The zero-order valence-corrected chi connectivity index (χ0v) is 16.3. The second kappa shape index (κ2) is 6.96. The van der Waals surface area contributed by atoms with Crippen molar-refractivity contribution >= 4 is 44.4 Å². The Labute approximate surface area is 159 Å². The van der Waals surface area contributed by atoms with Gasteiger partial charge >= 0.3 is 0 Å². The van der Waals surface area contributed by atoms with Gasteiger partial charge in [0.05, 0.1) is 4.47 Å². The molecule has 0 aliphatic heterocycles. The van der Waals surface area contributed by atoms with Gasteiger partial charge in [-0.05, 0) is 73.1 Å². The van der Waals surface area contributed by atoms with Crippen molar-refractivity contribution in [1.82, 2.24) is 5.32 Å². The van der Waals surface area contributed by atoms with E-state index in [1.54, 1.807) is 30.3 Å². The summed E-state index contributed by atoms with van der Waals surface area (Å²) in [5.74, 6) is -0.279. The monoisotopic (exact) mass is 414 g/mol. The zero-order valence-electron chi connectivity index (χ0n) is 14.7. The summed E-state index contributed by atoms with van der Waals surface area (Å²) in [6.07, 6.45) is 0. The van der Waals surface area contributed by atoms with Crippen LogP contribution in [0.25, 0.3) is 11.0 Å². The number of hydrogen-bond donors (Lipinski definition) is 2. The molecule has 2 aromatic carbocycles. The average molecular weight is 415 g/mol. The van der Waals surface area contributed by atoms with Crippen molar-refractivity contribution in [3.8, 4) is 0 Å². The van der Waals surface area contributed by atoms with Gasteiger partial charge in [0.25, 0.3) is 11.8 Å². The first-order valence-electron chi connectivity index (χ1n) is 8.15. The summed E-state index contributed by atoms with van der Waals surface area (Å²) >= 11 is 3.40. The van der Waals surface area contributed by atoms with E-state index in [4.69, 9.17) is 4.42 Å². The van der Waals surface area contributed by atoms with Crippen LogP contribution >= 0.6 is 15.9 Å². The van der Waals surface area contributed by atoms with E-state index in [0.717, 1.165) is 9.86 Å². The summed E-state index contributed by atoms with van der Waals surface area (Å²) in [6, 6.07) is 14.0. The molecule has 0 saturated heterocycles. The van der Waals surface area contributed by atoms with Crippen LogP contribution in [-0.4, -0.2) is 17.4 Å². The zero-order chi connectivity index (χ0) is 18.9. The lowest BCUT2D eigenvalue weighted by Gasteiger charge is -2.20. The first-order chi connectivity index (χ1) is 12.2. The lowest BCUT2D eigenvalue weighted by Crippen LogP contribution is -2.40. The minimum Gasteiger partial charge on any atom is -0.450 e. The average Bonchev–Trinajstić information content (AvgIpc) is 3.00. The number of fused-ring (bicyclic) bond motifs is 1. The Morgan fingerprint density at radius 2 is 1.69 bits per heavy atom. The largest absolute Gasteiger partial charge is 0.450 e. The summed E-state index contributed by atoms with van der Waals surface area (Å²) in [7, 11) is 0. The van der Waals surface area contributed by atoms with Crippen LogP contribution < -0.4 is 10.6 Å². The number of nitrogens with one attached hydrogen (secondary N) is 2. The predicted molar refractivity (Wildman–Crippen MR) is 106 cm³/mol. The smallest absolute Gasteiger partial charge is 0.291 e. The van der Waals surface area contributed by atoms with Crippen molar-refractivity contribution in [3.63, 3.8) is 0 Å². The van der Waals surface area contributed by atoms with Crippen LogP contribution in [0.1, 0.15) is 41.7 Å². The van der Waals surface area contributed by atoms with E-state index in [1.165, 1.54) is 0 Å². The van der Waals surface area contributed by atoms with Gasteiger partial charge in [0.2, 0.25) is 0 Å². The Morgan fingerprint density at radius 1 is 1.00 bits per heavy atom. The molecule has 1 aromatic heterocycles. The molecule has 3 aromatic rings. The lowest BCUT2D eigenvalue weighted by molar-refractivity contribution is 0.0919. The van der Waals surface area contributed by atoms with E-state index in [2.05, 4.69) is 26.6 Å². The van der Waals surface area contributed by atoms with Crippen molar-refractivity contribution in [3.05, 3.63) is 64.3 Å². The highest BCUT2D eigenvalue weighted by molar-refractivity contribution is 9.10. The van der Waals surface area contributed by atoms with E-state index < -0.39 is 0 Å². The molecule has 1 heterocycles. The van der Waals surface area contributed by atoms with Crippen LogP contribution in [-0.2, 0) is 0 Å². The number of carbonyl (C=O) groups is 2. The third kappa shape index (κ3) is 4.14. The predicted octanol–water partition coefficient (Wildman–Crippen LogP) is 4.98. The molecule has 2 amide bonds. The molecular formula is C20H19BrN2O3. The second-order valence-electron chi connectivity index (χ2n) is 7.00. The number of benzene rings is 2. The number of hydrogen-bond acceptors (Lipinski definition) is 3. The van der Waals surface area contributed by atoms with Crippen LogP contribution in [0.2, 0.25) is 0 Å². The molecule has 6 heteroatoms. The van der Waals surface area contributed by atoms with Gasteiger partial charge in [0.15, 0.2) is 5.76 Å². The fraction of sp³-hybridized carbons (Fsp3) is 0.200. The van der Waals surface area contributed by atoms with Crippen LogP contribution in [0.5, 0.6) is 0 Å². The van der Waals surface area contributed by atoms with Gasteiger partial charge in [0.1, 0.15) is 5.58 Å². The summed E-state index contributed by atoms with van der Waals surface area (Å²) in [6.45, 7) is 5.77. The van der Waals surface area contributed by atoms with Gasteiger partial charge < -0.3 is 15.1 Å². The van der Waals surface area contributed by atoms with Crippen LogP contribution in [0.3, 0.4) is 0 Å². The molecule has 0 aliphatic carbocycles. The summed E-state index contributed by atoms with van der Waals surface area (Å²) in [4.78, 5) is 24.5. The quantitative estimate of drug-likeness (QED) is 0.634. The normalized spacial score (nSPS) is 11.4. The first-order valence-corrected chi connectivity index (χ1v) is 8.94. The number of furan rings is 1. The van der Waals surface area contributed by atoms with E-state index in [-0.39, 0.29) is 23.1 Å². The van der Waals surface area contributed by atoms with Crippen molar-refractivity contribution in [1.29, 1.82) is 0 Å². The molecule has 2 N–H and O–H groups in total. The molecule has 0 radical (unpaired) electrons.